The molecule has 1 aromatic carbocycles. The quantitative estimate of drug-likeness (QED) is 0.591. The van der Waals surface area contributed by atoms with Crippen LogP contribution in [0.4, 0.5) is 0 Å². The fourth-order valence-electron chi connectivity index (χ4n) is 2.53. The van der Waals surface area contributed by atoms with Crippen molar-refractivity contribution in [3.8, 4) is 0 Å². The van der Waals surface area contributed by atoms with Crippen LogP contribution in [0.1, 0.15) is 57.0 Å². The van der Waals surface area contributed by atoms with Crippen molar-refractivity contribution in [3.63, 3.8) is 0 Å². The Balaban J connectivity index is 2.38. The normalized spacial score (nSPS) is 17.6. The maximum atomic E-state index is 13.2. The molecule has 122 valence electrons. The number of allylic oxidation sites excluding steroid dienone is 1. The monoisotopic (exact) mass is 324 g/mol. The molecule has 0 fully saturated rings. The zero-order chi connectivity index (χ0) is 16.0. The van der Waals surface area contributed by atoms with Crippen molar-refractivity contribution in [3.05, 3.63) is 41.2 Å². The number of benzene rings is 1. The van der Waals surface area contributed by atoms with E-state index in [-0.39, 0.29) is 0 Å². The van der Waals surface area contributed by atoms with E-state index in [4.69, 9.17) is 13.8 Å². The molecule has 0 saturated heterocycles. The largest absolute Gasteiger partial charge is 0.477 e. The fraction of sp³-hybridized carbons (Fsp3) is 0.529. The summed E-state index contributed by atoms with van der Waals surface area (Å²) in [4.78, 5) is 0. The molecule has 1 atom stereocenters. The minimum atomic E-state index is -3.36. The topological polar surface area (TPSA) is 44.8 Å². The van der Waals surface area contributed by atoms with E-state index in [1.807, 2.05) is 44.2 Å². The summed E-state index contributed by atoms with van der Waals surface area (Å²) in [6, 6.07) is 7.83. The summed E-state index contributed by atoms with van der Waals surface area (Å²) in [7, 11) is -3.36. The van der Waals surface area contributed by atoms with Crippen molar-refractivity contribution in [2.24, 2.45) is 0 Å². The van der Waals surface area contributed by atoms with Crippen LogP contribution in [-0.4, -0.2) is 13.2 Å². The molecular formula is C17H25O4P. The number of rotatable bonds is 8. The van der Waals surface area contributed by atoms with E-state index in [1.165, 1.54) is 0 Å². The van der Waals surface area contributed by atoms with Crippen LogP contribution in [0.15, 0.2) is 30.0 Å². The Morgan fingerprint density at radius 3 is 2.45 bits per heavy atom. The second kappa shape index (κ2) is 7.96. The molecule has 22 heavy (non-hydrogen) atoms. The van der Waals surface area contributed by atoms with Gasteiger partial charge in [-0.2, -0.15) is 0 Å². The Hall–Kier alpha value is -1.09. The molecule has 4 nitrogen and oxygen atoms in total. The predicted octanol–water partition coefficient (Wildman–Crippen LogP) is 5.51. The number of fused-ring (bicyclic) bond motifs is 1. The van der Waals surface area contributed by atoms with Gasteiger partial charge in [0, 0.05) is 12.0 Å². The van der Waals surface area contributed by atoms with Crippen LogP contribution in [0.2, 0.25) is 0 Å². The summed E-state index contributed by atoms with van der Waals surface area (Å²) in [6.45, 7) is 6.42. The predicted molar refractivity (Wildman–Crippen MR) is 88.6 cm³/mol. The third-order valence-electron chi connectivity index (χ3n) is 3.52. The van der Waals surface area contributed by atoms with Gasteiger partial charge in [-0.15, -0.1) is 0 Å². The molecule has 0 amide bonds. The van der Waals surface area contributed by atoms with Gasteiger partial charge >= 0.3 is 7.60 Å². The van der Waals surface area contributed by atoms with Gasteiger partial charge in [-0.25, -0.2) is 0 Å². The Bertz CT molecular complexity index is 558. The molecule has 0 spiro atoms. The molecule has 0 aromatic heterocycles. The molecule has 1 aliphatic heterocycles. The van der Waals surface area contributed by atoms with Crippen LogP contribution >= 0.6 is 7.60 Å². The van der Waals surface area contributed by atoms with Gasteiger partial charge in [0.15, 0.2) is 0 Å². The molecule has 5 heteroatoms. The highest BCUT2D eigenvalue weighted by molar-refractivity contribution is 7.54. The van der Waals surface area contributed by atoms with Crippen LogP contribution in [0.25, 0.3) is 6.08 Å². The van der Waals surface area contributed by atoms with Crippen LogP contribution in [0.3, 0.4) is 0 Å². The molecule has 1 unspecified atom stereocenters. The molecule has 1 aliphatic rings. The average Bonchev–Trinajstić information content (AvgIpc) is 2.52. The van der Waals surface area contributed by atoms with Crippen LogP contribution in [0, 0.1) is 0 Å². The molecule has 0 N–H and O–H groups in total. The smallest absolute Gasteiger partial charge is 0.375 e. The van der Waals surface area contributed by atoms with E-state index in [9.17, 15) is 4.57 Å². The zero-order valence-electron chi connectivity index (χ0n) is 13.6. The van der Waals surface area contributed by atoms with Gasteiger partial charge in [0.1, 0.15) is 0 Å². The molecule has 0 saturated carbocycles. The maximum absolute atomic E-state index is 13.2. The first-order valence-corrected chi connectivity index (χ1v) is 9.60. The second-order valence-electron chi connectivity index (χ2n) is 5.19. The van der Waals surface area contributed by atoms with Gasteiger partial charge in [0.25, 0.3) is 0 Å². The lowest BCUT2D eigenvalue weighted by Gasteiger charge is -2.31. The van der Waals surface area contributed by atoms with Crippen LogP contribution < -0.4 is 0 Å². The molecule has 1 heterocycles. The molecule has 2 rings (SSSR count). The van der Waals surface area contributed by atoms with Crippen LogP contribution in [-0.2, 0) is 18.3 Å². The van der Waals surface area contributed by atoms with Crippen molar-refractivity contribution >= 4 is 13.7 Å². The van der Waals surface area contributed by atoms with Crippen molar-refractivity contribution in [1.29, 1.82) is 0 Å². The highest BCUT2D eigenvalue weighted by Crippen LogP contribution is 2.63. The van der Waals surface area contributed by atoms with Gasteiger partial charge in [-0.1, -0.05) is 37.6 Å². The van der Waals surface area contributed by atoms with Gasteiger partial charge < -0.3 is 13.8 Å². The molecule has 1 aromatic rings. The van der Waals surface area contributed by atoms with Crippen LogP contribution in [0.5, 0.6) is 0 Å². The van der Waals surface area contributed by atoms with E-state index in [1.54, 1.807) is 0 Å². The number of hydrogen-bond donors (Lipinski definition) is 0. The number of unbranched alkanes of at least 4 members (excludes halogenated alkanes) is 1. The van der Waals surface area contributed by atoms with E-state index >= 15 is 0 Å². The fourth-order valence-corrected chi connectivity index (χ4v) is 4.44. The van der Waals surface area contributed by atoms with Crippen molar-refractivity contribution in [2.75, 3.05) is 13.2 Å². The third kappa shape index (κ3) is 3.81. The van der Waals surface area contributed by atoms with E-state index in [2.05, 4.69) is 6.92 Å². The maximum Gasteiger partial charge on any atom is 0.375 e. The lowest BCUT2D eigenvalue weighted by atomic mass is 10.0. The minimum absolute atomic E-state index is 0.327. The van der Waals surface area contributed by atoms with E-state index in [0.717, 1.165) is 36.1 Å². The number of hydrogen-bond acceptors (Lipinski definition) is 4. The zero-order valence-corrected chi connectivity index (χ0v) is 14.5. The van der Waals surface area contributed by atoms with E-state index in [0.29, 0.717) is 13.2 Å². The lowest BCUT2D eigenvalue weighted by Crippen LogP contribution is -2.14. The number of ether oxygens (including phenoxy) is 1. The summed E-state index contributed by atoms with van der Waals surface area (Å²) in [5.74, 6) is 0.172. The third-order valence-corrected chi connectivity index (χ3v) is 5.72. The van der Waals surface area contributed by atoms with Crippen molar-refractivity contribution in [1.82, 2.24) is 0 Å². The Kier molecular flexibility index (Phi) is 6.25. The van der Waals surface area contributed by atoms with Crippen molar-refractivity contribution in [2.45, 2.75) is 45.9 Å². The standard InChI is InChI=1S/C17H25O4P/c1-4-7-11-15-13-14-10-8-9-12-16(14)17(21-15)22(18,19-5-2)20-6-3/h8-10,12-13,17H,4-7,11H2,1-3H3. The summed E-state index contributed by atoms with van der Waals surface area (Å²) < 4.78 is 30.2. The Labute approximate surface area is 133 Å². The Morgan fingerprint density at radius 1 is 1.14 bits per heavy atom. The van der Waals surface area contributed by atoms with Gasteiger partial charge in [-0.3, -0.25) is 4.57 Å². The van der Waals surface area contributed by atoms with Gasteiger partial charge in [0.05, 0.1) is 19.0 Å². The Morgan fingerprint density at radius 2 is 1.82 bits per heavy atom. The summed E-state index contributed by atoms with van der Waals surface area (Å²) in [5.41, 5.74) is 1.90. The first kappa shape index (κ1) is 17.3. The average molecular weight is 324 g/mol. The SMILES string of the molecule is CCCCC1=Cc2ccccc2C(P(=O)(OCC)OCC)O1. The molecule has 0 bridgehead atoms. The lowest BCUT2D eigenvalue weighted by molar-refractivity contribution is 0.112. The van der Waals surface area contributed by atoms with E-state index < -0.39 is 13.4 Å². The summed E-state index contributed by atoms with van der Waals surface area (Å²) in [6.07, 6.45) is 4.99. The highest BCUT2D eigenvalue weighted by atomic mass is 31.2. The first-order valence-electron chi connectivity index (χ1n) is 7.99. The summed E-state index contributed by atoms with van der Waals surface area (Å²) in [5, 5.41) is 0. The minimum Gasteiger partial charge on any atom is -0.477 e. The van der Waals surface area contributed by atoms with Gasteiger partial charge in [0.2, 0.25) is 5.85 Å². The van der Waals surface area contributed by atoms with Gasteiger partial charge in [-0.05, 0) is 31.9 Å². The highest BCUT2D eigenvalue weighted by Gasteiger charge is 2.41. The second-order valence-corrected chi connectivity index (χ2v) is 7.25. The first-order chi connectivity index (χ1) is 10.6. The molecular weight excluding hydrogens is 299 g/mol. The summed E-state index contributed by atoms with van der Waals surface area (Å²) >= 11 is 0. The van der Waals surface area contributed by atoms with Crippen molar-refractivity contribution < 1.29 is 18.3 Å². The molecule has 0 aliphatic carbocycles. The molecule has 0 radical (unpaired) electrons.